The first kappa shape index (κ1) is 18.0. The molecule has 26 heavy (non-hydrogen) atoms. The van der Waals surface area contributed by atoms with E-state index in [9.17, 15) is 4.79 Å². The molecule has 0 fully saturated rings. The molecule has 0 spiro atoms. The second kappa shape index (κ2) is 9.05. The minimum atomic E-state index is -0.288. The van der Waals surface area contributed by atoms with Crippen molar-refractivity contribution in [1.29, 1.82) is 0 Å². The summed E-state index contributed by atoms with van der Waals surface area (Å²) in [5, 5.41) is 1.95. The van der Waals surface area contributed by atoms with Crippen LogP contribution in [0.15, 0.2) is 52.5 Å². The minimum absolute atomic E-state index is 0.104. The molecule has 1 aromatic carbocycles. The maximum absolute atomic E-state index is 11.8. The van der Waals surface area contributed by atoms with Crippen molar-refractivity contribution in [1.82, 2.24) is 4.98 Å². The number of benzene rings is 1. The Bertz CT molecular complexity index is 811. The third kappa shape index (κ3) is 5.10. The Labute approximate surface area is 155 Å². The largest absolute Gasteiger partial charge is 0.497 e. The zero-order chi connectivity index (χ0) is 18.2. The number of oxazole rings is 1. The van der Waals surface area contributed by atoms with Gasteiger partial charge in [0, 0.05) is 6.42 Å². The maximum Gasteiger partial charge on any atom is 0.306 e. The topological polar surface area (TPSA) is 70.8 Å². The summed E-state index contributed by atoms with van der Waals surface area (Å²) in [6.45, 7) is 0.543. The highest BCUT2D eigenvalue weighted by molar-refractivity contribution is 7.13. The molecule has 0 aliphatic rings. The van der Waals surface area contributed by atoms with Gasteiger partial charge in [0.15, 0.2) is 0 Å². The van der Waals surface area contributed by atoms with Crippen LogP contribution in [0.1, 0.15) is 18.5 Å². The summed E-state index contributed by atoms with van der Waals surface area (Å²) in [5.74, 6) is 1.77. The lowest BCUT2D eigenvalue weighted by Gasteiger charge is -2.07. The number of ether oxygens (including phenoxy) is 3. The first-order chi connectivity index (χ1) is 12.7. The summed E-state index contributed by atoms with van der Waals surface area (Å²) in [4.78, 5) is 17.0. The molecule has 0 amide bonds. The molecule has 0 radical (unpaired) electrons. The van der Waals surface area contributed by atoms with Gasteiger partial charge in [-0.1, -0.05) is 6.07 Å². The Morgan fingerprint density at radius 2 is 2.00 bits per heavy atom. The maximum atomic E-state index is 11.8. The van der Waals surface area contributed by atoms with E-state index in [0.717, 1.165) is 16.4 Å². The van der Waals surface area contributed by atoms with Crippen molar-refractivity contribution in [3.63, 3.8) is 0 Å². The quantitative estimate of drug-likeness (QED) is 0.411. The Morgan fingerprint density at radius 1 is 1.19 bits per heavy atom. The third-order valence-electron chi connectivity index (χ3n) is 3.52. The van der Waals surface area contributed by atoms with Crippen molar-refractivity contribution in [3.05, 3.63) is 53.7 Å². The summed E-state index contributed by atoms with van der Waals surface area (Å²) in [6, 6.07) is 11.2. The molecule has 6 nitrogen and oxygen atoms in total. The summed E-state index contributed by atoms with van der Waals surface area (Å²) >= 11 is 1.54. The number of thiophene rings is 1. The lowest BCUT2D eigenvalue weighted by atomic mass is 10.3. The second-order valence-electron chi connectivity index (χ2n) is 5.41. The van der Waals surface area contributed by atoms with Gasteiger partial charge in [0.05, 0.1) is 18.6 Å². The van der Waals surface area contributed by atoms with Gasteiger partial charge in [-0.2, -0.15) is 0 Å². The van der Waals surface area contributed by atoms with E-state index in [4.69, 9.17) is 18.6 Å². The Balaban J connectivity index is 1.34. The summed E-state index contributed by atoms with van der Waals surface area (Å²) in [7, 11) is 1.61. The van der Waals surface area contributed by atoms with E-state index in [0.29, 0.717) is 24.6 Å². The Hall–Kier alpha value is -2.80. The van der Waals surface area contributed by atoms with Gasteiger partial charge >= 0.3 is 5.97 Å². The fourth-order valence-electron chi connectivity index (χ4n) is 2.19. The first-order valence-electron chi connectivity index (χ1n) is 8.15. The van der Waals surface area contributed by atoms with Crippen LogP contribution in [0.2, 0.25) is 0 Å². The van der Waals surface area contributed by atoms with Crippen LogP contribution in [0.25, 0.3) is 10.8 Å². The normalized spacial score (nSPS) is 10.5. The average molecular weight is 373 g/mol. The van der Waals surface area contributed by atoms with Gasteiger partial charge < -0.3 is 18.6 Å². The van der Waals surface area contributed by atoms with Crippen LogP contribution in [0.3, 0.4) is 0 Å². The van der Waals surface area contributed by atoms with Gasteiger partial charge in [0.2, 0.25) is 5.89 Å². The number of aromatic nitrogens is 1. The molecule has 0 N–H and O–H groups in total. The molecule has 3 aromatic rings. The number of rotatable bonds is 9. The highest BCUT2D eigenvalue weighted by Gasteiger charge is 2.10. The van der Waals surface area contributed by atoms with Gasteiger partial charge in [0.25, 0.3) is 0 Å². The average Bonchev–Trinajstić information content (AvgIpc) is 3.35. The molecule has 7 heteroatoms. The predicted octanol–water partition coefficient (Wildman–Crippen LogP) is 4.31. The van der Waals surface area contributed by atoms with Gasteiger partial charge in [-0.05, 0) is 42.1 Å². The van der Waals surface area contributed by atoms with Crippen molar-refractivity contribution in [2.45, 2.75) is 19.4 Å². The van der Waals surface area contributed by atoms with Crippen LogP contribution in [-0.2, 0) is 16.1 Å². The van der Waals surface area contributed by atoms with Gasteiger partial charge in [0.1, 0.15) is 30.1 Å². The van der Waals surface area contributed by atoms with E-state index < -0.39 is 0 Å². The highest BCUT2D eigenvalue weighted by atomic mass is 32.1. The summed E-state index contributed by atoms with van der Waals surface area (Å²) in [5.41, 5.74) is 0.594. The number of esters is 1. The monoisotopic (exact) mass is 373 g/mol. The minimum Gasteiger partial charge on any atom is -0.497 e. The van der Waals surface area contributed by atoms with E-state index >= 15 is 0 Å². The number of carbonyl (C=O) groups is 1. The van der Waals surface area contributed by atoms with Gasteiger partial charge in [-0.25, -0.2) is 4.98 Å². The standard InChI is InChI=1S/C19H19NO5S/c1-22-15-6-8-16(9-7-15)23-10-2-5-18(21)24-12-14-13-25-19(20-14)17-4-3-11-26-17/h3-4,6-9,11,13H,2,5,10,12H2,1H3. The summed E-state index contributed by atoms with van der Waals surface area (Å²) in [6.07, 6.45) is 2.37. The molecule has 0 aliphatic carbocycles. The van der Waals surface area contributed by atoms with Crippen molar-refractivity contribution < 1.29 is 23.4 Å². The zero-order valence-electron chi connectivity index (χ0n) is 14.3. The van der Waals surface area contributed by atoms with E-state index in [1.165, 1.54) is 6.26 Å². The lowest BCUT2D eigenvalue weighted by molar-refractivity contribution is -0.145. The van der Waals surface area contributed by atoms with Crippen molar-refractivity contribution >= 4 is 17.3 Å². The zero-order valence-corrected chi connectivity index (χ0v) is 15.2. The molecule has 3 rings (SSSR count). The predicted molar refractivity (Wildman–Crippen MR) is 97.3 cm³/mol. The molecule has 0 atom stereocenters. The van der Waals surface area contributed by atoms with Crippen LogP contribution in [0.5, 0.6) is 11.5 Å². The van der Waals surface area contributed by atoms with Gasteiger partial charge in [-0.15, -0.1) is 11.3 Å². The number of hydrogen-bond donors (Lipinski definition) is 0. The van der Waals surface area contributed by atoms with Crippen LogP contribution in [0, 0.1) is 0 Å². The number of carbonyl (C=O) groups excluding carboxylic acids is 1. The smallest absolute Gasteiger partial charge is 0.306 e. The van der Waals surface area contributed by atoms with Crippen LogP contribution in [0.4, 0.5) is 0 Å². The highest BCUT2D eigenvalue weighted by Crippen LogP contribution is 2.23. The molecule has 0 unspecified atom stereocenters. The molecular formula is C19H19NO5S. The molecule has 0 bridgehead atoms. The lowest BCUT2D eigenvalue weighted by Crippen LogP contribution is -2.07. The molecule has 0 saturated heterocycles. The van der Waals surface area contributed by atoms with Crippen molar-refractivity contribution in [3.8, 4) is 22.3 Å². The van der Waals surface area contributed by atoms with Crippen molar-refractivity contribution in [2.75, 3.05) is 13.7 Å². The Morgan fingerprint density at radius 3 is 2.73 bits per heavy atom. The number of methoxy groups -OCH3 is 1. The van der Waals surface area contributed by atoms with E-state index in [1.54, 1.807) is 18.4 Å². The van der Waals surface area contributed by atoms with E-state index in [2.05, 4.69) is 4.98 Å². The second-order valence-corrected chi connectivity index (χ2v) is 6.36. The van der Waals surface area contributed by atoms with Crippen molar-refractivity contribution in [2.24, 2.45) is 0 Å². The number of hydrogen-bond acceptors (Lipinski definition) is 7. The fraction of sp³-hybridized carbons (Fsp3) is 0.263. The number of nitrogens with zero attached hydrogens (tertiary/aromatic N) is 1. The molecule has 2 aromatic heterocycles. The molecule has 0 aliphatic heterocycles. The third-order valence-corrected chi connectivity index (χ3v) is 4.38. The van der Waals surface area contributed by atoms with Crippen LogP contribution in [-0.4, -0.2) is 24.7 Å². The summed E-state index contributed by atoms with van der Waals surface area (Å²) < 4.78 is 21.3. The SMILES string of the molecule is COc1ccc(OCCCC(=O)OCc2coc(-c3cccs3)n2)cc1. The Kier molecular flexibility index (Phi) is 6.27. The van der Waals surface area contributed by atoms with E-state index in [-0.39, 0.29) is 19.0 Å². The van der Waals surface area contributed by atoms with Crippen LogP contribution >= 0.6 is 11.3 Å². The first-order valence-corrected chi connectivity index (χ1v) is 9.03. The van der Waals surface area contributed by atoms with Gasteiger partial charge in [-0.3, -0.25) is 4.79 Å². The molecule has 0 saturated carbocycles. The van der Waals surface area contributed by atoms with E-state index in [1.807, 2.05) is 41.8 Å². The molecular weight excluding hydrogens is 354 g/mol. The van der Waals surface area contributed by atoms with Crippen LogP contribution < -0.4 is 9.47 Å². The molecule has 2 heterocycles. The molecule has 136 valence electrons. The fourth-order valence-corrected chi connectivity index (χ4v) is 2.85.